The minimum Gasteiger partial charge on any atom is -0.340 e. The molecule has 2 fully saturated rings. The first-order chi connectivity index (χ1) is 9.47. The zero-order valence-electron chi connectivity index (χ0n) is 11.8. The highest BCUT2D eigenvalue weighted by molar-refractivity contribution is 7.86. The molecule has 2 rings (SSSR count). The van der Waals surface area contributed by atoms with Crippen LogP contribution in [0.1, 0.15) is 25.7 Å². The van der Waals surface area contributed by atoms with E-state index in [1.807, 2.05) is 0 Å². The number of carbonyl (C=O) groups excluding carboxylic acids is 1. The summed E-state index contributed by atoms with van der Waals surface area (Å²) in [4.78, 5) is 13.9. The molecule has 1 amide bonds. The molecule has 0 saturated carbocycles. The molecule has 0 unspecified atom stereocenters. The van der Waals surface area contributed by atoms with E-state index in [1.54, 1.807) is 4.90 Å². The Labute approximate surface area is 120 Å². The van der Waals surface area contributed by atoms with E-state index in [-0.39, 0.29) is 5.91 Å². The third-order valence-corrected chi connectivity index (χ3v) is 5.26. The summed E-state index contributed by atoms with van der Waals surface area (Å²) in [5, 5.41) is 8.39. The van der Waals surface area contributed by atoms with Gasteiger partial charge in [0.1, 0.15) is 0 Å². The first-order valence-electron chi connectivity index (χ1n) is 7.23. The highest BCUT2D eigenvalue weighted by Gasteiger charge is 2.26. The summed E-state index contributed by atoms with van der Waals surface area (Å²) in [6.45, 7) is 3.59. The van der Waals surface area contributed by atoms with Crippen LogP contribution in [-0.2, 0) is 15.0 Å². The number of amides is 1. The SMILES string of the molecule is NS(=O)(=O)N1CCN(C(=O)CCC2CCNCC2)CC1. The van der Waals surface area contributed by atoms with Crippen LogP contribution in [-0.4, -0.2) is 62.8 Å². The van der Waals surface area contributed by atoms with Crippen LogP contribution in [0, 0.1) is 5.92 Å². The van der Waals surface area contributed by atoms with Crippen molar-refractivity contribution >= 4 is 16.1 Å². The lowest BCUT2D eigenvalue weighted by Crippen LogP contribution is -2.52. The number of piperazine rings is 1. The fourth-order valence-electron chi connectivity index (χ4n) is 2.85. The topological polar surface area (TPSA) is 95.7 Å². The Bertz CT molecular complexity index is 426. The number of nitrogens with one attached hydrogen (secondary N) is 1. The first-order valence-corrected chi connectivity index (χ1v) is 8.73. The fraction of sp³-hybridized carbons (Fsp3) is 0.917. The van der Waals surface area contributed by atoms with Gasteiger partial charge in [-0.1, -0.05) is 0 Å². The molecule has 2 saturated heterocycles. The molecule has 20 heavy (non-hydrogen) atoms. The molecule has 0 aliphatic carbocycles. The summed E-state index contributed by atoms with van der Waals surface area (Å²) < 4.78 is 23.6. The van der Waals surface area contributed by atoms with Crippen LogP contribution < -0.4 is 10.5 Å². The lowest BCUT2D eigenvalue weighted by atomic mass is 9.93. The second-order valence-electron chi connectivity index (χ2n) is 5.56. The van der Waals surface area contributed by atoms with Crippen LogP contribution in [0.5, 0.6) is 0 Å². The predicted molar refractivity (Wildman–Crippen MR) is 76.1 cm³/mol. The van der Waals surface area contributed by atoms with Crippen molar-refractivity contribution in [3.8, 4) is 0 Å². The van der Waals surface area contributed by atoms with Gasteiger partial charge in [-0.05, 0) is 38.3 Å². The van der Waals surface area contributed by atoms with Gasteiger partial charge in [0.05, 0.1) is 0 Å². The molecule has 2 heterocycles. The maximum Gasteiger partial charge on any atom is 0.277 e. The van der Waals surface area contributed by atoms with Gasteiger partial charge in [0, 0.05) is 32.6 Å². The highest BCUT2D eigenvalue weighted by atomic mass is 32.2. The Morgan fingerprint density at radius 3 is 2.30 bits per heavy atom. The molecule has 0 aromatic carbocycles. The number of nitrogens with zero attached hydrogens (tertiary/aromatic N) is 2. The molecule has 0 spiro atoms. The van der Waals surface area contributed by atoms with Gasteiger partial charge in [0.15, 0.2) is 0 Å². The van der Waals surface area contributed by atoms with Crippen LogP contribution in [0.15, 0.2) is 0 Å². The van der Waals surface area contributed by atoms with E-state index in [9.17, 15) is 13.2 Å². The van der Waals surface area contributed by atoms with Gasteiger partial charge < -0.3 is 10.2 Å². The van der Waals surface area contributed by atoms with E-state index < -0.39 is 10.2 Å². The van der Waals surface area contributed by atoms with Crippen LogP contribution in [0.2, 0.25) is 0 Å². The molecule has 0 bridgehead atoms. The van der Waals surface area contributed by atoms with Gasteiger partial charge in [0.25, 0.3) is 10.2 Å². The Balaban J connectivity index is 1.71. The number of piperidine rings is 1. The van der Waals surface area contributed by atoms with Crippen molar-refractivity contribution in [2.45, 2.75) is 25.7 Å². The number of rotatable bonds is 4. The molecule has 0 radical (unpaired) electrons. The van der Waals surface area contributed by atoms with Crippen molar-refractivity contribution in [3.05, 3.63) is 0 Å². The molecule has 0 aromatic rings. The number of nitrogens with two attached hydrogens (primary N) is 1. The van der Waals surface area contributed by atoms with Crippen molar-refractivity contribution in [1.29, 1.82) is 0 Å². The minimum absolute atomic E-state index is 0.137. The van der Waals surface area contributed by atoms with Crippen molar-refractivity contribution < 1.29 is 13.2 Å². The Kier molecular flexibility index (Phi) is 5.36. The van der Waals surface area contributed by atoms with E-state index in [2.05, 4.69) is 5.32 Å². The molecule has 0 atom stereocenters. The van der Waals surface area contributed by atoms with E-state index in [1.165, 1.54) is 4.31 Å². The van der Waals surface area contributed by atoms with E-state index in [4.69, 9.17) is 5.14 Å². The van der Waals surface area contributed by atoms with Gasteiger partial charge in [-0.15, -0.1) is 0 Å². The van der Waals surface area contributed by atoms with E-state index in [0.717, 1.165) is 32.4 Å². The summed E-state index contributed by atoms with van der Waals surface area (Å²) in [7, 11) is -3.62. The average Bonchev–Trinajstić information content (AvgIpc) is 2.45. The largest absolute Gasteiger partial charge is 0.340 e. The van der Waals surface area contributed by atoms with Crippen molar-refractivity contribution in [3.63, 3.8) is 0 Å². The third-order valence-electron chi connectivity index (χ3n) is 4.18. The van der Waals surface area contributed by atoms with E-state index in [0.29, 0.717) is 38.5 Å². The second kappa shape index (κ2) is 6.84. The molecule has 7 nitrogen and oxygen atoms in total. The zero-order chi connectivity index (χ0) is 14.6. The Morgan fingerprint density at radius 1 is 1.15 bits per heavy atom. The van der Waals surface area contributed by atoms with Gasteiger partial charge in [-0.3, -0.25) is 4.79 Å². The van der Waals surface area contributed by atoms with Crippen molar-refractivity contribution in [2.75, 3.05) is 39.3 Å². The van der Waals surface area contributed by atoms with Crippen molar-refractivity contribution in [1.82, 2.24) is 14.5 Å². The van der Waals surface area contributed by atoms with Gasteiger partial charge in [-0.25, -0.2) is 5.14 Å². The summed E-state index contributed by atoms with van der Waals surface area (Å²) in [6.07, 6.45) is 3.80. The van der Waals surface area contributed by atoms with Gasteiger partial charge in [-0.2, -0.15) is 12.7 Å². The molecule has 2 aliphatic rings. The normalized spacial score (nSPS) is 22.9. The van der Waals surface area contributed by atoms with Gasteiger partial charge >= 0.3 is 0 Å². The Morgan fingerprint density at radius 2 is 1.75 bits per heavy atom. The molecule has 0 aromatic heterocycles. The van der Waals surface area contributed by atoms with Gasteiger partial charge in [0.2, 0.25) is 5.91 Å². The highest BCUT2D eigenvalue weighted by Crippen LogP contribution is 2.18. The molecule has 116 valence electrons. The lowest BCUT2D eigenvalue weighted by Gasteiger charge is -2.33. The maximum atomic E-state index is 12.1. The van der Waals surface area contributed by atoms with Crippen LogP contribution in [0.25, 0.3) is 0 Å². The minimum atomic E-state index is -3.62. The van der Waals surface area contributed by atoms with Crippen LogP contribution in [0.3, 0.4) is 0 Å². The summed E-state index contributed by atoms with van der Waals surface area (Å²) in [5.41, 5.74) is 0. The molecular weight excluding hydrogens is 280 g/mol. The zero-order valence-corrected chi connectivity index (χ0v) is 12.6. The average molecular weight is 304 g/mol. The van der Waals surface area contributed by atoms with Crippen LogP contribution in [0.4, 0.5) is 0 Å². The first kappa shape index (κ1) is 15.7. The lowest BCUT2D eigenvalue weighted by molar-refractivity contribution is -0.132. The second-order valence-corrected chi connectivity index (χ2v) is 7.10. The summed E-state index contributed by atoms with van der Waals surface area (Å²) in [6, 6.07) is 0. The number of carbonyl (C=O) groups is 1. The predicted octanol–water partition coefficient (Wildman–Crippen LogP) is -0.886. The van der Waals surface area contributed by atoms with E-state index >= 15 is 0 Å². The number of hydrogen-bond donors (Lipinski definition) is 2. The maximum absolute atomic E-state index is 12.1. The van der Waals surface area contributed by atoms with Crippen molar-refractivity contribution in [2.24, 2.45) is 11.1 Å². The monoisotopic (exact) mass is 304 g/mol. The quantitative estimate of drug-likeness (QED) is 0.704. The Hall–Kier alpha value is -0.700. The molecular formula is C12H24N4O3S. The van der Waals surface area contributed by atoms with Crippen LogP contribution >= 0.6 is 0 Å². The molecule has 2 aliphatic heterocycles. The number of hydrogen-bond acceptors (Lipinski definition) is 4. The summed E-state index contributed by atoms with van der Waals surface area (Å²) in [5.74, 6) is 0.781. The summed E-state index contributed by atoms with van der Waals surface area (Å²) >= 11 is 0. The fourth-order valence-corrected chi connectivity index (χ4v) is 3.52. The molecule has 8 heteroatoms. The standard InChI is InChI=1S/C12H24N4O3S/c13-20(18,19)16-9-7-15(8-10-16)12(17)2-1-11-3-5-14-6-4-11/h11,14H,1-10H2,(H2,13,18,19). The third kappa shape index (κ3) is 4.41. The smallest absolute Gasteiger partial charge is 0.277 e. The molecule has 3 N–H and O–H groups in total.